The SMILES string of the molecule is COc1ccc(C)cc1C#CCN1CCNCC1. The normalized spacial score (nSPS) is 15.9. The van der Waals surface area contributed by atoms with Crippen LogP contribution in [0.3, 0.4) is 0 Å². The third kappa shape index (κ3) is 3.49. The molecule has 0 radical (unpaired) electrons. The predicted molar refractivity (Wildman–Crippen MR) is 73.9 cm³/mol. The summed E-state index contributed by atoms with van der Waals surface area (Å²) in [6.45, 7) is 7.20. The quantitative estimate of drug-likeness (QED) is 0.793. The highest BCUT2D eigenvalue weighted by atomic mass is 16.5. The van der Waals surface area contributed by atoms with Crippen molar-refractivity contribution in [1.82, 2.24) is 10.2 Å². The number of aryl methyl sites for hydroxylation is 1. The Kier molecular flexibility index (Phi) is 4.63. The first-order valence-electron chi connectivity index (χ1n) is 6.36. The number of nitrogens with one attached hydrogen (secondary N) is 1. The van der Waals surface area contributed by atoms with Gasteiger partial charge in [0.25, 0.3) is 0 Å². The van der Waals surface area contributed by atoms with Crippen LogP contribution in [0.4, 0.5) is 0 Å². The van der Waals surface area contributed by atoms with Gasteiger partial charge in [-0.05, 0) is 24.6 Å². The Morgan fingerprint density at radius 1 is 1.33 bits per heavy atom. The third-order valence-corrected chi connectivity index (χ3v) is 3.09. The first-order valence-corrected chi connectivity index (χ1v) is 6.36. The van der Waals surface area contributed by atoms with Crippen LogP contribution in [0.25, 0.3) is 0 Å². The zero-order chi connectivity index (χ0) is 12.8. The Morgan fingerprint density at radius 2 is 2.11 bits per heavy atom. The van der Waals surface area contributed by atoms with Crippen LogP contribution in [0.15, 0.2) is 18.2 Å². The van der Waals surface area contributed by atoms with Gasteiger partial charge in [-0.3, -0.25) is 4.90 Å². The maximum atomic E-state index is 5.32. The van der Waals surface area contributed by atoms with Crippen LogP contribution in [0.2, 0.25) is 0 Å². The van der Waals surface area contributed by atoms with Crippen LogP contribution in [0.1, 0.15) is 11.1 Å². The number of piperazine rings is 1. The van der Waals surface area contributed by atoms with Gasteiger partial charge in [-0.25, -0.2) is 0 Å². The van der Waals surface area contributed by atoms with Gasteiger partial charge in [-0.15, -0.1) is 0 Å². The van der Waals surface area contributed by atoms with E-state index in [0.29, 0.717) is 0 Å². The van der Waals surface area contributed by atoms with Crippen molar-refractivity contribution in [2.75, 3.05) is 39.8 Å². The molecule has 1 aromatic rings. The van der Waals surface area contributed by atoms with Gasteiger partial charge in [0, 0.05) is 26.2 Å². The van der Waals surface area contributed by atoms with E-state index in [1.165, 1.54) is 5.56 Å². The van der Waals surface area contributed by atoms with E-state index in [0.717, 1.165) is 44.0 Å². The molecule has 0 aliphatic carbocycles. The van der Waals surface area contributed by atoms with E-state index in [1.807, 2.05) is 12.1 Å². The molecule has 3 nitrogen and oxygen atoms in total. The first-order chi connectivity index (χ1) is 8.79. The number of hydrogen-bond donors (Lipinski definition) is 1. The minimum atomic E-state index is 0.832. The number of nitrogens with zero attached hydrogens (tertiary/aromatic N) is 1. The summed E-state index contributed by atoms with van der Waals surface area (Å²) >= 11 is 0. The number of benzene rings is 1. The fraction of sp³-hybridized carbons (Fsp3) is 0.467. The highest BCUT2D eigenvalue weighted by Crippen LogP contribution is 2.18. The average Bonchev–Trinajstić information content (AvgIpc) is 2.40. The molecule has 1 fully saturated rings. The standard InChI is InChI=1S/C15H20N2O/c1-13-5-6-15(18-2)14(12-13)4-3-9-17-10-7-16-8-11-17/h5-6,12,16H,7-11H2,1-2H3. The molecule has 0 atom stereocenters. The molecule has 1 aromatic carbocycles. The van der Waals surface area contributed by atoms with Crippen molar-refractivity contribution in [3.05, 3.63) is 29.3 Å². The smallest absolute Gasteiger partial charge is 0.134 e. The monoisotopic (exact) mass is 244 g/mol. The number of hydrogen-bond acceptors (Lipinski definition) is 3. The van der Waals surface area contributed by atoms with E-state index in [2.05, 4.69) is 35.0 Å². The van der Waals surface area contributed by atoms with Gasteiger partial charge in [0.2, 0.25) is 0 Å². The minimum Gasteiger partial charge on any atom is -0.495 e. The van der Waals surface area contributed by atoms with Gasteiger partial charge in [0.05, 0.1) is 19.2 Å². The molecule has 1 heterocycles. The zero-order valence-corrected chi connectivity index (χ0v) is 11.1. The maximum Gasteiger partial charge on any atom is 0.134 e. The second-order valence-electron chi connectivity index (χ2n) is 4.53. The minimum absolute atomic E-state index is 0.832. The lowest BCUT2D eigenvalue weighted by Gasteiger charge is -2.24. The van der Waals surface area contributed by atoms with Crippen molar-refractivity contribution in [3.63, 3.8) is 0 Å². The molecule has 0 spiro atoms. The van der Waals surface area contributed by atoms with Gasteiger partial charge in [-0.2, -0.15) is 0 Å². The summed E-state index contributed by atoms with van der Waals surface area (Å²) in [5.41, 5.74) is 2.19. The molecule has 18 heavy (non-hydrogen) atoms. The molecule has 0 amide bonds. The van der Waals surface area contributed by atoms with Crippen LogP contribution in [-0.2, 0) is 0 Å². The molecule has 1 N–H and O–H groups in total. The Bertz CT molecular complexity index is 453. The zero-order valence-electron chi connectivity index (χ0n) is 11.1. The highest BCUT2D eigenvalue weighted by molar-refractivity contribution is 5.48. The topological polar surface area (TPSA) is 24.5 Å². The summed E-state index contributed by atoms with van der Waals surface area (Å²) in [7, 11) is 1.69. The van der Waals surface area contributed by atoms with E-state index >= 15 is 0 Å². The van der Waals surface area contributed by atoms with Gasteiger partial charge in [0.15, 0.2) is 0 Å². The second kappa shape index (κ2) is 6.44. The third-order valence-electron chi connectivity index (χ3n) is 3.09. The molecule has 96 valence electrons. The van der Waals surface area contributed by atoms with Crippen molar-refractivity contribution in [3.8, 4) is 17.6 Å². The van der Waals surface area contributed by atoms with Crippen LogP contribution >= 0.6 is 0 Å². The molecule has 0 unspecified atom stereocenters. The summed E-state index contributed by atoms with van der Waals surface area (Å²) in [4.78, 5) is 2.37. The maximum absolute atomic E-state index is 5.32. The van der Waals surface area contributed by atoms with Gasteiger partial charge < -0.3 is 10.1 Å². The largest absolute Gasteiger partial charge is 0.495 e. The van der Waals surface area contributed by atoms with Crippen LogP contribution in [0, 0.1) is 18.8 Å². The van der Waals surface area contributed by atoms with Crippen molar-refractivity contribution >= 4 is 0 Å². The first kappa shape index (κ1) is 12.9. The fourth-order valence-corrected chi connectivity index (χ4v) is 2.04. The summed E-state index contributed by atoms with van der Waals surface area (Å²) in [5, 5.41) is 3.34. The van der Waals surface area contributed by atoms with E-state index in [9.17, 15) is 0 Å². The Hall–Kier alpha value is -1.50. The molecule has 1 saturated heterocycles. The molecular formula is C15H20N2O. The van der Waals surface area contributed by atoms with Crippen LogP contribution in [-0.4, -0.2) is 44.7 Å². The van der Waals surface area contributed by atoms with Crippen LogP contribution < -0.4 is 10.1 Å². The second-order valence-corrected chi connectivity index (χ2v) is 4.53. The Balaban J connectivity index is 2.02. The summed E-state index contributed by atoms with van der Waals surface area (Å²) in [6.07, 6.45) is 0. The number of methoxy groups -OCH3 is 1. The molecule has 2 rings (SSSR count). The van der Waals surface area contributed by atoms with Crippen LogP contribution in [0.5, 0.6) is 5.75 Å². The molecule has 0 aromatic heterocycles. The number of rotatable bonds is 2. The Labute approximate surface area is 109 Å². The highest BCUT2D eigenvalue weighted by Gasteiger charge is 2.06. The fourth-order valence-electron chi connectivity index (χ4n) is 2.04. The van der Waals surface area contributed by atoms with Crippen molar-refractivity contribution in [2.24, 2.45) is 0 Å². The van der Waals surface area contributed by atoms with E-state index in [-0.39, 0.29) is 0 Å². The molecular weight excluding hydrogens is 224 g/mol. The van der Waals surface area contributed by atoms with Crippen molar-refractivity contribution in [1.29, 1.82) is 0 Å². The van der Waals surface area contributed by atoms with Gasteiger partial charge in [0.1, 0.15) is 5.75 Å². The van der Waals surface area contributed by atoms with E-state index < -0.39 is 0 Å². The molecule has 3 heteroatoms. The number of ether oxygens (including phenoxy) is 1. The van der Waals surface area contributed by atoms with Gasteiger partial charge >= 0.3 is 0 Å². The predicted octanol–water partition coefficient (Wildman–Crippen LogP) is 1.26. The lowest BCUT2D eigenvalue weighted by atomic mass is 10.1. The van der Waals surface area contributed by atoms with E-state index in [4.69, 9.17) is 4.74 Å². The van der Waals surface area contributed by atoms with E-state index in [1.54, 1.807) is 7.11 Å². The molecule has 0 saturated carbocycles. The lowest BCUT2D eigenvalue weighted by Crippen LogP contribution is -2.43. The summed E-state index contributed by atoms with van der Waals surface area (Å²) < 4.78 is 5.32. The average molecular weight is 244 g/mol. The van der Waals surface area contributed by atoms with Crippen molar-refractivity contribution in [2.45, 2.75) is 6.92 Å². The molecule has 1 aliphatic heterocycles. The lowest BCUT2D eigenvalue weighted by molar-refractivity contribution is 0.268. The summed E-state index contributed by atoms with van der Waals surface area (Å²) in [6, 6.07) is 6.09. The molecule has 1 aliphatic rings. The summed E-state index contributed by atoms with van der Waals surface area (Å²) in [5.74, 6) is 7.31. The Morgan fingerprint density at radius 3 is 2.83 bits per heavy atom. The molecule has 0 bridgehead atoms. The van der Waals surface area contributed by atoms with Crippen molar-refractivity contribution < 1.29 is 4.74 Å². The van der Waals surface area contributed by atoms with Gasteiger partial charge in [-0.1, -0.05) is 17.9 Å².